The van der Waals surface area contributed by atoms with Crippen molar-refractivity contribution >= 4 is 22.9 Å². The predicted octanol–water partition coefficient (Wildman–Crippen LogP) is 2.96. The van der Waals surface area contributed by atoms with Gasteiger partial charge in [-0.15, -0.1) is 0 Å². The Hall–Kier alpha value is -2.36. The third-order valence-corrected chi connectivity index (χ3v) is 2.91. The van der Waals surface area contributed by atoms with Gasteiger partial charge in [-0.3, -0.25) is 0 Å². The van der Waals surface area contributed by atoms with Crippen LogP contribution in [0.4, 0.5) is 0 Å². The lowest BCUT2D eigenvalue weighted by Crippen LogP contribution is -1.94. The molecule has 0 atom stereocenters. The molecule has 0 radical (unpaired) electrons. The highest BCUT2D eigenvalue weighted by Gasteiger charge is 2.10. The molecule has 0 saturated carbocycles. The van der Waals surface area contributed by atoms with Crippen LogP contribution >= 0.6 is 0 Å². The largest absolute Gasteiger partial charge is 0.494 e. The fourth-order valence-corrected chi connectivity index (χ4v) is 2.17. The first-order valence-electron chi connectivity index (χ1n) is 5.89. The number of hydrogen-bond acceptors (Lipinski definition) is 3. The number of fused-ring (bicyclic) bond motifs is 1. The topological polar surface area (TPSA) is 59.4 Å². The lowest BCUT2D eigenvalue weighted by atomic mass is 10.0. The number of rotatable bonds is 3. The monoisotopic (exact) mass is 257 g/mol. The summed E-state index contributed by atoms with van der Waals surface area (Å²) in [6, 6.07) is 5.61. The van der Waals surface area contributed by atoms with Crippen LogP contribution in [0.25, 0.3) is 17.0 Å². The number of carbonyl (C=O) groups is 1. The smallest absolute Gasteiger partial charge is 0.328 e. The Morgan fingerprint density at radius 3 is 2.74 bits per heavy atom. The van der Waals surface area contributed by atoms with E-state index in [2.05, 4.69) is 4.98 Å². The summed E-state index contributed by atoms with van der Waals surface area (Å²) in [7, 11) is 1.60. The van der Waals surface area contributed by atoms with E-state index in [9.17, 15) is 4.79 Å². The van der Waals surface area contributed by atoms with Crippen molar-refractivity contribution in [2.24, 2.45) is 0 Å². The van der Waals surface area contributed by atoms with E-state index in [0.29, 0.717) is 5.75 Å². The van der Waals surface area contributed by atoms with E-state index in [0.717, 1.165) is 33.8 Å². The van der Waals surface area contributed by atoms with Crippen molar-refractivity contribution in [3.05, 3.63) is 41.1 Å². The molecule has 0 aliphatic heterocycles. The SMILES string of the molecule is COc1ccc(/C=C/C(=O)O)c2c(C)cc(C)nc12. The number of methoxy groups -OCH3 is 1. The summed E-state index contributed by atoms with van der Waals surface area (Å²) in [6.07, 6.45) is 2.70. The molecule has 19 heavy (non-hydrogen) atoms. The van der Waals surface area contributed by atoms with Gasteiger partial charge < -0.3 is 9.84 Å². The van der Waals surface area contributed by atoms with Crippen molar-refractivity contribution in [3.8, 4) is 5.75 Å². The van der Waals surface area contributed by atoms with Crippen molar-refractivity contribution in [3.63, 3.8) is 0 Å². The number of carboxylic acid groups (broad SMARTS) is 1. The Morgan fingerprint density at radius 2 is 2.11 bits per heavy atom. The molecule has 98 valence electrons. The fraction of sp³-hybridized carbons (Fsp3) is 0.200. The van der Waals surface area contributed by atoms with Crippen molar-refractivity contribution < 1.29 is 14.6 Å². The second-order valence-corrected chi connectivity index (χ2v) is 4.33. The van der Waals surface area contributed by atoms with Gasteiger partial charge in [0, 0.05) is 17.2 Å². The molecular formula is C15H15NO3. The van der Waals surface area contributed by atoms with Crippen LogP contribution in [0.3, 0.4) is 0 Å². The number of aryl methyl sites for hydroxylation is 2. The Morgan fingerprint density at radius 1 is 1.37 bits per heavy atom. The normalized spacial score (nSPS) is 11.1. The van der Waals surface area contributed by atoms with Gasteiger partial charge >= 0.3 is 5.97 Å². The summed E-state index contributed by atoms with van der Waals surface area (Å²) < 4.78 is 5.32. The van der Waals surface area contributed by atoms with Gasteiger partial charge in [-0.05, 0) is 43.2 Å². The van der Waals surface area contributed by atoms with Gasteiger partial charge in [-0.2, -0.15) is 0 Å². The number of aliphatic carboxylic acids is 1. The summed E-state index contributed by atoms with van der Waals surface area (Å²) >= 11 is 0. The standard InChI is InChI=1S/C15H15NO3/c1-9-8-10(2)16-15-12(19-3)6-4-11(14(9)15)5-7-13(17)18/h4-8H,1-3H3,(H,17,18)/b7-5+. The van der Waals surface area contributed by atoms with Crippen LogP contribution in [0.1, 0.15) is 16.8 Å². The van der Waals surface area contributed by atoms with E-state index in [1.165, 1.54) is 0 Å². The van der Waals surface area contributed by atoms with Gasteiger partial charge in [0.25, 0.3) is 0 Å². The molecule has 0 bridgehead atoms. The molecule has 0 unspecified atom stereocenters. The first-order chi connectivity index (χ1) is 9.02. The highest BCUT2D eigenvalue weighted by molar-refractivity contribution is 5.97. The predicted molar refractivity (Wildman–Crippen MR) is 74.4 cm³/mol. The molecule has 2 aromatic rings. The third-order valence-electron chi connectivity index (χ3n) is 2.91. The Kier molecular flexibility index (Phi) is 3.51. The summed E-state index contributed by atoms with van der Waals surface area (Å²) in [4.78, 5) is 15.1. The van der Waals surface area contributed by atoms with Crippen LogP contribution in [0.5, 0.6) is 5.75 Å². The zero-order chi connectivity index (χ0) is 14.0. The maximum atomic E-state index is 10.6. The Labute approximate surface area is 111 Å². The van der Waals surface area contributed by atoms with Gasteiger partial charge in [0.1, 0.15) is 11.3 Å². The van der Waals surface area contributed by atoms with Crippen molar-refractivity contribution in [2.75, 3.05) is 7.11 Å². The average molecular weight is 257 g/mol. The maximum Gasteiger partial charge on any atom is 0.328 e. The average Bonchev–Trinajstić information content (AvgIpc) is 2.35. The second-order valence-electron chi connectivity index (χ2n) is 4.33. The third kappa shape index (κ3) is 2.57. The molecule has 4 heteroatoms. The van der Waals surface area contributed by atoms with Crippen molar-refractivity contribution in [1.29, 1.82) is 0 Å². The molecule has 1 N–H and O–H groups in total. The first-order valence-corrected chi connectivity index (χ1v) is 5.89. The molecule has 0 amide bonds. The Bertz CT molecular complexity index is 675. The van der Waals surface area contributed by atoms with Gasteiger partial charge in [-0.25, -0.2) is 9.78 Å². The summed E-state index contributed by atoms with van der Waals surface area (Å²) in [6.45, 7) is 3.90. The van der Waals surface area contributed by atoms with Crippen LogP contribution in [-0.4, -0.2) is 23.2 Å². The molecule has 1 aromatic heterocycles. The minimum absolute atomic E-state index is 0.689. The Balaban J connectivity index is 2.77. The van der Waals surface area contributed by atoms with Crippen LogP contribution in [0, 0.1) is 13.8 Å². The van der Waals surface area contributed by atoms with Gasteiger partial charge in [0.05, 0.1) is 7.11 Å². The lowest BCUT2D eigenvalue weighted by molar-refractivity contribution is -0.131. The number of pyridine rings is 1. The first kappa shape index (κ1) is 13.1. The zero-order valence-corrected chi connectivity index (χ0v) is 11.1. The molecule has 0 spiro atoms. The van der Waals surface area contributed by atoms with Gasteiger partial charge in [0.2, 0.25) is 0 Å². The quantitative estimate of drug-likeness (QED) is 0.859. The number of ether oxygens (including phenoxy) is 1. The van der Waals surface area contributed by atoms with E-state index >= 15 is 0 Å². The second kappa shape index (κ2) is 5.10. The fourth-order valence-electron chi connectivity index (χ4n) is 2.17. The minimum atomic E-state index is -0.971. The van der Waals surface area contributed by atoms with Crippen LogP contribution in [0.2, 0.25) is 0 Å². The summed E-state index contributed by atoms with van der Waals surface area (Å²) in [5, 5.41) is 9.65. The van der Waals surface area contributed by atoms with Crippen LogP contribution in [-0.2, 0) is 4.79 Å². The number of carboxylic acids is 1. The highest BCUT2D eigenvalue weighted by atomic mass is 16.5. The zero-order valence-electron chi connectivity index (χ0n) is 11.1. The van der Waals surface area contributed by atoms with Crippen LogP contribution in [0.15, 0.2) is 24.3 Å². The minimum Gasteiger partial charge on any atom is -0.494 e. The van der Waals surface area contributed by atoms with E-state index < -0.39 is 5.97 Å². The number of aromatic nitrogens is 1. The van der Waals surface area contributed by atoms with Crippen molar-refractivity contribution in [2.45, 2.75) is 13.8 Å². The van der Waals surface area contributed by atoms with E-state index in [1.54, 1.807) is 19.3 Å². The molecule has 2 rings (SSSR count). The molecule has 1 aromatic carbocycles. The lowest BCUT2D eigenvalue weighted by Gasteiger charge is -2.10. The van der Waals surface area contributed by atoms with Crippen LogP contribution < -0.4 is 4.74 Å². The summed E-state index contributed by atoms with van der Waals surface area (Å²) in [5.74, 6) is -0.282. The molecule has 1 heterocycles. The molecule has 0 fully saturated rings. The molecule has 0 saturated heterocycles. The molecular weight excluding hydrogens is 242 g/mol. The van der Waals surface area contributed by atoms with E-state index in [1.807, 2.05) is 26.0 Å². The van der Waals surface area contributed by atoms with E-state index in [-0.39, 0.29) is 0 Å². The highest BCUT2D eigenvalue weighted by Crippen LogP contribution is 2.30. The van der Waals surface area contributed by atoms with Gasteiger partial charge in [0.15, 0.2) is 0 Å². The number of nitrogens with zero attached hydrogens (tertiary/aromatic N) is 1. The van der Waals surface area contributed by atoms with E-state index in [4.69, 9.17) is 9.84 Å². The van der Waals surface area contributed by atoms with Crippen molar-refractivity contribution in [1.82, 2.24) is 4.98 Å². The molecule has 4 nitrogen and oxygen atoms in total. The summed E-state index contributed by atoms with van der Waals surface area (Å²) in [5.41, 5.74) is 3.53. The van der Waals surface area contributed by atoms with Gasteiger partial charge in [-0.1, -0.05) is 6.07 Å². The molecule has 0 aliphatic carbocycles. The molecule has 0 aliphatic rings. The maximum absolute atomic E-state index is 10.6. The number of hydrogen-bond donors (Lipinski definition) is 1. The number of benzene rings is 1.